The summed E-state index contributed by atoms with van der Waals surface area (Å²) >= 11 is 0. The zero-order chi connectivity index (χ0) is 15.2. The van der Waals surface area contributed by atoms with Crippen molar-refractivity contribution in [2.75, 3.05) is 12.8 Å². The summed E-state index contributed by atoms with van der Waals surface area (Å²) in [5.74, 6) is 0.735. The average Bonchev–Trinajstić information content (AvgIpc) is 2.36. The minimum atomic E-state index is -0.251. The summed E-state index contributed by atoms with van der Waals surface area (Å²) in [6, 6.07) is 5.03. The van der Waals surface area contributed by atoms with E-state index in [1.165, 1.54) is 0 Å². The Morgan fingerprint density at radius 2 is 1.95 bits per heavy atom. The molecule has 0 saturated heterocycles. The van der Waals surface area contributed by atoms with E-state index in [0.717, 1.165) is 19.3 Å². The van der Waals surface area contributed by atoms with Crippen molar-refractivity contribution in [3.63, 3.8) is 0 Å². The van der Waals surface area contributed by atoms with Gasteiger partial charge >= 0.3 is 5.97 Å². The number of carbonyl (C=O) groups excluding carboxylic acids is 1. The molecule has 4 nitrogen and oxygen atoms in total. The number of hydrogen-bond acceptors (Lipinski definition) is 4. The SMILES string of the molecule is COc1ccc(N)c(OC(=O)CCCCC(C)(C)C)c1. The Labute approximate surface area is 121 Å². The van der Waals surface area contributed by atoms with Crippen molar-refractivity contribution < 1.29 is 14.3 Å². The van der Waals surface area contributed by atoms with Gasteiger partial charge in [-0.1, -0.05) is 27.2 Å². The molecule has 1 aromatic carbocycles. The molecule has 1 rings (SSSR count). The van der Waals surface area contributed by atoms with Crippen LogP contribution in [0.5, 0.6) is 11.5 Å². The lowest BCUT2D eigenvalue weighted by Gasteiger charge is -2.17. The lowest BCUT2D eigenvalue weighted by molar-refractivity contribution is -0.134. The highest BCUT2D eigenvalue weighted by Gasteiger charge is 2.12. The first-order chi connectivity index (χ1) is 9.31. The second-order valence-corrected chi connectivity index (χ2v) is 6.15. The number of carbonyl (C=O) groups is 1. The number of anilines is 1. The summed E-state index contributed by atoms with van der Waals surface area (Å²) in [6.45, 7) is 6.59. The summed E-state index contributed by atoms with van der Waals surface area (Å²) in [4.78, 5) is 11.8. The maximum Gasteiger partial charge on any atom is 0.311 e. The molecule has 0 fully saturated rings. The Bertz CT molecular complexity index is 450. The molecule has 0 radical (unpaired) electrons. The molecular weight excluding hydrogens is 254 g/mol. The lowest BCUT2D eigenvalue weighted by Crippen LogP contribution is -2.10. The van der Waals surface area contributed by atoms with Crippen LogP contribution in [-0.2, 0) is 4.79 Å². The molecule has 0 aliphatic carbocycles. The fourth-order valence-corrected chi connectivity index (χ4v) is 1.83. The van der Waals surface area contributed by atoms with Gasteiger partial charge in [0.1, 0.15) is 5.75 Å². The summed E-state index contributed by atoms with van der Waals surface area (Å²) in [5.41, 5.74) is 6.52. The van der Waals surface area contributed by atoms with Crippen molar-refractivity contribution in [2.24, 2.45) is 5.41 Å². The number of benzene rings is 1. The molecule has 4 heteroatoms. The van der Waals surface area contributed by atoms with Crippen LogP contribution in [0.15, 0.2) is 18.2 Å². The highest BCUT2D eigenvalue weighted by molar-refractivity contribution is 5.74. The first kappa shape index (κ1) is 16.3. The van der Waals surface area contributed by atoms with Crippen LogP contribution in [0.4, 0.5) is 5.69 Å². The second-order valence-electron chi connectivity index (χ2n) is 6.15. The van der Waals surface area contributed by atoms with Gasteiger partial charge in [-0.15, -0.1) is 0 Å². The minimum Gasteiger partial charge on any atom is -0.497 e. The van der Waals surface area contributed by atoms with Crippen LogP contribution >= 0.6 is 0 Å². The number of esters is 1. The predicted molar refractivity (Wildman–Crippen MR) is 81.0 cm³/mol. The number of rotatable bonds is 6. The van der Waals surface area contributed by atoms with Crippen LogP contribution in [0.2, 0.25) is 0 Å². The van der Waals surface area contributed by atoms with E-state index in [4.69, 9.17) is 15.2 Å². The van der Waals surface area contributed by atoms with E-state index in [1.54, 1.807) is 25.3 Å². The largest absolute Gasteiger partial charge is 0.497 e. The van der Waals surface area contributed by atoms with Crippen LogP contribution in [0.3, 0.4) is 0 Å². The maximum atomic E-state index is 11.8. The zero-order valence-corrected chi connectivity index (χ0v) is 12.9. The third-order valence-corrected chi connectivity index (χ3v) is 3.00. The fraction of sp³-hybridized carbons (Fsp3) is 0.562. The maximum absolute atomic E-state index is 11.8. The van der Waals surface area contributed by atoms with Crippen molar-refractivity contribution in [3.8, 4) is 11.5 Å². The fourth-order valence-electron chi connectivity index (χ4n) is 1.83. The Balaban J connectivity index is 2.42. The van der Waals surface area contributed by atoms with Gasteiger partial charge in [-0.2, -0.15) is 0 Å². The van der Waals surface area contributed by atoms with Gasteiger partial charge in [0.15, 0.2) is 5.75 Å². The number of nitrogens with two attached hydrogens (primary N) is 1. The van der Waals surface area contributed by atoms with E-state index in [2.05, 4.69) is 20.8 Å². The Hall–Kier alpha value is -1.71. The van der Waals surface area contributed by atoms with Crippen molar-refractivity contribution in [1.82, 2.24) is 0 Å². The average molecular weight is 279 g/mol. The van der Waals surface area contributed by atoms with Gasteiger partial charge in [0.05, 0.1) is 12.8 Å². The Kier molecular flexibility index (Phi) is 5.86. The molecule has 0 bridgehead atoms. The summed E-state index contributed by atoms with van der Waals surface area (Å²) in [6.07, 6.45) is 3.36. The molecule has 112 valence electrons. The van der Waals surface area contributed by atoms with Crippen molar-refractivity contribution in [3.05, 3.63) is 18.2 Å². The molecular formula is C16H25NO3. The van der Waals surface area contributed by atoms with Gasteiger partial charge < -0.3 is 15.2 Å². The van der Waals surface area contributed by atoms with E-state index < -0.39 is 0 Å². The molecule has 0 aliphatic heterocycles. The van der Waals surface area contributed by atoms with Crippen LogP contribution in [0.1, 0.15) is 46.5 Å². The number of ether oxygens (including phenoxy) is 2. The highest BCUT2D eigenvalue weighted by atomic mass is 16.5. The Morgan fingerprint density at radius 1 is 1.25 bits per heavy atom. The van der Waals surface area contributed by atoms with E-state index in [9.17, 15) is 4.79 Å². The number of unbranched alkanes of at least 4 members (excludes halogenated alkanes) is 1. The number of hydrogen-bond donors (Lipinski definition) is 1. The van der Waals surface area contributed by atoms with E-state index in [-0.39, 0.29) is 5.97 Å². The van der Waals surface area contributed by atoms with Gasteiger partial charge in [-0.25, -0.2) is 0 Å². The van der Waals surface area contributed by atoms with Crippen LogP contribution in [0.25, 0.3) is 0 Å². The van der Waals surface area contributed by atoms with Gasteiger partial charge in [-0.05, 0) is 30.4 Å². The third-order valence-electron chi connectivity index (χ3n) is 3.00. The molecule has 0 spiro atoms. The van der Waals surface area contributed by atoms with E-state index in [1.807, 2.05) is 0 Å². The minimum absolute atomic E-state index is 0.251. The molecule has 0 heterocycles. The molecule has 0 saturated carbocycles. The second kappa shape index (κ2) is 7.17. The van der Waals surface area contributed by atoms with Gasteiger partial charge in [-0.3, -0.25) is 4.79 Å². The monoisotopic (exact) mass is 279 g/mol. The van der Waals surface area contributed by atoms with Crippen LogP contribution in [-0.4, -0.2) is 13.1 Å². The van der Waals surface area contributed by atoms with Gasteiger partial charge in [0.25, 0.3) is 0 Å². The molecule has 1 aromatic rings. The number of nitrogen functional groups attached to an aromatic ring is 1. The van der Waals surface area contributed by atoms with Crippen molar-refractivity contribution >= 4 is 11.7 Å². The molecule has 0 atom stereocenters. The van der Waals surface area contributed by atoms with Crippen LogP contribution in [0, 0.1) is 5.41 Å². The smallest absolute Gasteiger partial charge is 0.311 e. The quantitative estimate of drug-likeness (QED) is 0.372. The van der Waals surface area contributed by atoms with Crippen molar-refractivity contribution in [1.29, 1.82) is 0 Å². The standard InChI is InChI=1S/C16H25NO3/c1-16(2,3)10-6-5-7-15(18)20-14-11-12(19-4)8-9-13(14)17/h8-9,11H,5-7,10,17H2,1-4H3. The van der Waals surface area contributed by atoms with Gasteiger partial charge in [0.2, 0.25) is 0 Å². The normalized spacial score (nSPS) is 11.2. The topological polar surface area (TPSA) is 61.6 Å². The summed E-state index contributed by atoms with van der Waals surface area (Å²) in [7, 11) is 1.56. The van der Waals surface area contributed by atoms with Crippen LogP contribution < -0.4 is 15.2 Å². The predicted octanol–water partition coefficient (Wildman–Crippen LogP) is 3.79. The number of methoxy groups -OCH3 is 1. The van der Waals surface area contributed by atoms with Crippen molar-refractivity contribution in [2.45, 2.75) is 46.5 Å². The lowest BCUT2D eigenvalue weighted by atomic mass is 9.89. The third kappa shape index (κ3) is 5.95. The first-order valence-corrected chi connectivity index (χ1v) is 6.96. The molecule has 0 aromatic heterocycles. The summed E-state index contributed by atoms with van der Waals surface area (Å²) in [5, 5.41) is 0. The molecule has 20 heavy (non-hydrogen) atoms. The molecule has 2 N–H and O–H groups in total. The molecule has 0 amide bonds. The first-order valence-electron chi connectivity index (χ1n) is 6.96. The van der Waals surface area contributed by atoms with E-state index in [0.29, 0.717) is 29.0 Å². The zero-order valence-electron chi connectivity index (χ0n) is 12.9. The Morgan fingerprint density at radius 3 is 2.55 bits per heavy atom. The summed E-state index contributed by atoms with van der Waals surface area (Å²) < 4.78 is 10.4. The molecule has 0 unspecified atom stereocenters. The molecule has 0 aliphatic rings. The highest BCUT2D eigenvalue weighted by Crippen LogP contribution is 2.27. The van der Waals surface area contributed by atoms with E-state index >= 15 is 0 Å². The van der Waals surface area contributed by atoms with Gasteiger partial charge in [0, 0.05) is 12.5 Å².